The maximum atomic E-state index is 12.5. The second kappa shape index (κ2) is 10.1. The summed E-state index contributed by atoms with van der Waals surface area (Å²) < 4.78 is 43.0. The van der Waals surface area contributed by atoms with Gasteiger partial charge in [0.1, 0.15) is 0 Å². The van der Waals surface area contributed by atoms with Gasteiger partial charge in [-0.2, -0.15) is 13.2 Å². The number of alkyl halides is 3. The van der Waals surface area contributed by atoms with Gasteiger partial charge in [0.2, 0.25) is 0 Å². The monoisotopic (exact) mass is 457 g/mol. The Labute approximate surface area is 157 Å². The van der Waals surface area contributed by atoms with E-state index in [1.807, 2.05) is 0 Å². The number of guanidine groups is 1. The van der Waals surface area contributed by atoms with Crippen molar-refractivity contribution in [2.45, 2.75) is 31.5 Å². The van der Waals surface area contributed by atoms with Gasteiger partial charge in [0.25, 0.3) is 0 Å². The summed E-state index contributed by atoms with van der Waals surface area (Å²) in [6.07, 6.45) is -1.30. The van der Waals surface area contributed by atoms with E-state index in [-0.39, 0.29) is 30.1 Å². The van der Waals surface area contributed by atoms with Crippen LogP contribution in [0.3, 0.4) is 0 Å². The third-order valence-electron chi connectivity index (χ3n) is 3.73. The molecule has 24 heavy (non-hydrogen) atoms. The lowest BCUT2D eigenvalue weighted by Crippen LogP contribution is -2.41. The summed E-state index contributed by atoms with van der Waals surface area (Å²) in [6.45, 7) is 2.11. The number of halogens is 4. The van der Waals surface area contributed by atoms with Crippen LogP contribution >= 0.6 is 24.0 Å². The predicted molar refractivity (Wildman–Crippen MR) is 98.9 cm³/mol. The van der Waals surface area contributed by atoms with Crippen molar-refractivity contribution in [1.82, 2.24) is 10.6 Å². The molecule has 1 aromatic rings. The highest BCUT2D eigenvalue weighted by atomic mass is 127. The van der Waals surface area contributed by atoms with E-state index in [1.165, 1.54) is 12.1 Å². The molecule has 136 valence electrons. The Hall–Kier alpha value is -1.03. The van der Waals surface area contributed by atoms with Crippen LogP contribution in [0.25, 0.3) is 0 Å². The SMILES string of the molecule is CN=C(NCCc1ccc(C(F)(F)F)cc1)NCC1CCCO1.I. The van der Waals surface area contributed by atoms with E-state index in [4.69, 9.17) is 4.74 Å². The second-order valence-electron chi connectivity index (χ2n) is 5.46. The molecule has 4 nitrogen and oxygen atoms in total. The average molecular weight is 457 g/mol. The topological polar surface area (TPSA) is 45.7 Å². The van der Waals surface area contributed by atoms with E-state index in [2.05, 4.69) is 15.6 Å². The third-order valence-corrected chi connectivity index (χ3v) is 3.73. The number of rotatable bonds is 5. The normalized spacial score (nSPS) is 18.2. The number of hydrogen-bond donors (Lipinski definition) is 2. The molecule has 2 rings (SSSR count). The van der Waals surface area contributed by atoms with Gasteiger partial charge in [-0.1, -0.05) is 12.1 Å². The van der Waals surface area contributed by atoms with Gasteiger partial charge in [0, 0.05) is 26.7 Å². The van der Waals surface area contributed by atoms with Crippen molar-refractivity contribution in [3.63, 3.8) is 0 Å². The van der Waals surface area contributed by atoms with Gasteiger partial charge in [-0.05, 0) is 37.0 Å². The molecule has 1 saturated heterocycles. The highest BCUT2D eigenvalue weighted by Gasteiger charge is 2.29. The third kappa shape index (κ3) is 6.84. The number of nitrogens with zero attached hydrogens (tertiary/aromatic N) is 1. The Morgan fingerprint density at radius 3 is 2.50 bits per heavy atom. The summed E-state index contributed by atoms with van der Waals surface area (Å²) in [5.74, 6) is 0.674. The van der Waals surface area contributed by atoms with Crippen molar-refractivity contribution in [3.05, 3.63) is 35.4 Å². The zero-order valence-corrected chi connectivity index (χ0v) is 15.9. The smallest absolute Gasteiger partial charge is 0.376 e. The van der Waals surface area contributed by atoms with E-state index in [0.717, 1.165) is 37.1 Å². The molecule has 1 heterocycles. The number of ether oxygens (including phenoxy) is 1. The van der Waals surface area contributed by atoms with Gasteiger partial charge in [-0.25, -0.2) is 0 Å². The largest absolute Gasteiger partial charge is 0.416 e. The molecule has 0 bridgehead atoms. The molecule has 0 spiro atoms. The fourth-order valence-electron chi connectivity index (χ4n) is 2.42. The van der Waals surface area contributed by atoms with Crippen LogP contribution in [-0.2, 0) is 17.3 Å². The highest BCUT2D eigenvalue weighted by molar-refractivity contribution is 14.0. The minimum absolute atomic E-state index is 0. The van der Waals surface area contributed by atoms with Gasteiger partial charge < -0.3 is 15.4 Å². The Kier molecular flexibility index (Phi) is 8.82. The van der Waals surface area contributed by atoms with Gasteiger partial charge >= 0.3 is 6.18 Å². The molecule has 0 radical (unpaired) electrons. The Morgan fingerprint density at radius 1 is 1.25 bits per heavy atom. The van der Waals surface area contributed by atoms with Crippen molar-refractivity contribution >= 4 is 29.9 Å². The maximum Gasteiger partial charge on any atom is 0.416 e. The lowest BCUT2D eigenvalue weighted by Gasteiger charge is -2.15. The molecular weight excluding hydrogens is 434 g/mol. The van der Waals surface area contributed by atoms with Crippen LogP contribution < -0.4 is 10.6 Å². The summed E-state index contributed by atoms with van der Waals surface area (Å²) in [6, 6.07) is 5.24. The standard InChI is InChI=1S/C16H22F3N3O.HI/c1-20-15(22-11-14-3-2-10-23-14)21-9-8-12-4-6-13(7-5-12)16(17,18)19;/h4-7,14H,2-3,8-11H2,1H3,(H2,20,21,22);1H. The molecular formula is C16H23F3IN3O. The van der Waals surface area contributed by atoms with E-state index in [9.17, 15) is 13.2 Å². The zero-order chi connectivity index (χ0) is 16.7. The van der Waals surface area contributed by atoms with E-state index >= 15 is 0 Å². The molecule has 1 atom stereocenters. The van der Waals surface area contributed by atoms with Crippen molar-refractivity contribution < 1.29 is 17.9 Å². The maximum absolute atomic E-state index is 12.5. The molecule has 2 N–H and O–H groups in total. The van der Waals surface area contributed by atoms with E-state index in [1.54, 1.807) is 7.05 Å². The Bertz CT molecular complexity index is 514. The van der Waals surface area contributed by atoms with Gasteiger partial charge in [0.15, 0.2) is 5.96 Å². The van der Waals surface area contributed by atoms with Crippen molar-refractivity contribution in [2.24, 2.45) is 4.99 Å². The van der Waals surface area contributed by atoms with Crippen LogP contribution in [0, 0.1) is 0 Å². The van der Waals surface area contributed by atoms with Crippen molar-refractivity contribution in [1.29, 1.82) is 0 Å². The zero-order valence-electron chi connectivity index (χ0n) is 13.5. The number of hydrogen-bond acceptors (Lipinski definition) is 2. The quantitative estimate of drug-likeness (QED) is 0.406. The fourth-order valence-corrected chi connectivity index (χ4v) is 2.42. The Balaban J connectivity index is 0.00000288. The highest BCUT2D eigenvalue weighted by Crippen LogP contribution is 2.29. The van der Waals surface area contributed by atoms with Crippen molar-refractivity contribution in [2.75, 3.05) is 26.7 Å². The molecule has 0 aromatic heterocycles. The molecule has 8 heteroatoms. The number of nitrogens with one attached hydrogen (secondary N) is 2. The predicted octanol–water partition coefficient (Wildman–Crippen LogP) is 3.21. The van der Waals surface area contributed by atoms with E-state index < -0.39 is 11.7 Å². The minimum atomic E-state index is -4.29. The molecule has 1 unspecified atom stereocenters. The van der Waals surface area contributed by atoms with Gasteiger partial charge in [-0.3, -0.25) is 4.99 Å². The lowest BCUT2D eigenvalue weighted by atomic mass is 10.1. The van der Waals surface area contributed by atoms with Crippen LogP contribution in [0.4, 0.5) is 13.2 Å². The molecule has 0 amide bonds. The fraction of sp³-hybridized carbons (Fsp3) is 0.562. The molecule has 1 aromatic carbocycles. The molecule has 1 aliphatic rings. The lowest BCUT2D eigenvalue weighted by molar-refractivity contribution is -0.137. The summed E-state index contributed by atoms with van der Waals surface area (Å²) in [4.78, 5) is 4.12. The van der Waals surface area contributed by atoms with Crippen molar-refractivity contribution in [3.8, 4) is 0 Å². The first-order valence-electron chi connectivity index (χ1n) is 7.71. The summed E-state index contributed by atoms with van der Waals surface area (Å²) in [7, 11) is 1.68. The summed E-state index contributed by atoms with van der Waals surface area (Å²) in [5.41, 5.74) is 0.225. The first-order chi connectivity index (χ1) is 11.0. The number of aliphatic imine (C=N–C) groups is 1. The van der Waals surface area contributed by atoms with Crippen LogP contribution in [0.1, 0.15) is 24.0 Å². The summed E-state index contributed by atoms with van der Waals surface area (Å²) in [5, 5.41) is 6.34. The van der Waals surface area contributed by atoms with Crippen LogP contribution in [-0.4, -0.2) is 38.8 Å². The Morgan fingerprint density at radius 2 is 1.96 bits per heavy atom. The average Bonchev–Trinajstić information content (AvgIpc) is 3.03. The number of benzene rings is 1. The van der Waals surface area contributed by atoms with Gasteiger partial charge in [-0.15, -0.1) is 24.0 Å². The first-order valence-corrected chi connectivity index (χ1v) is 7.71. The second-order valence-corrected chi connectivity index (χ2v) is 5.46. The van der Waals surface area contributed by atoms with Crippen LogP contribution in [0.2, 0.25) is 0 Å². The first kappa shape index (κ1) is 21.0. The molecule has 1 aliphatic heterocycles. The molecule has 1 fully saturated rings. The summed E-state index contributed by atoms with van der Waals surface area (Å²) >= 11 is 0. The molecule has 0 saturated carbocycles. The van der Waals surface area contributed by atoms with Gasteiger partial charge in [0.05, 0.1) is 11.7 Å². The van der Waals surface area contributed by atoms with Crippen LogP contribution in [0.5, 0.6) is 0 Å². The van der Waals surface area contributed by atoms with E-state index in [0.29, 0.717) is 25.5 Å². The minimum Gasteiger partial charge on any atom is -0.376 e. The van der Waals surface area contributed by atoms with Crippen LogP contribution in [0.15, 0.2) is 29.3 Å². The molecule has 0 aliphatic carbocycles.